The summed E-state index contributed by atoms with van der Waals surface area (Å²) in [5, 5.41) is 0. The molecule has 1 aliphatic heterocycles. The zero-order chi connectivity index (χ0) is 19.5. The number of nitrogens with zero attached hydrogens (tertiary/aromatic N) is 4. The summed E-state index contributed by atoms with van der Waals surface area (Å²) in [6.45, 7) is 9.88. The molecule has 1 fully saturated rings. The molecular formula is C23H26N4O. The van der Waals surface area contributed by atoms with Crippen molar-refractivity contribution in [1.29, 1.82) is 0 Å². The smallest absolute Gasteiger partial charge is 0.159 e. The number of morpholine rings is 1. The van der Waals surface area contributed by atoms with Gasteiger partial charge in [0.1, 0.15) is 0 Å². The van der Waals surface area contributed by atoms with Crippen LogP contribution in [0.4, 0.5) is 0 Å². The van der Waals surface area contributed by atoms with E-state index in [1.807, 2.05) is 32.2 Å². The molecule has 4 rings (SSSR count). The zero-order valence-corrected chi connectivity index (χ0v) is 16.7. The van der Waals surface area contributed by atoms with Gasteiger partial charge in [0, 0.05) is 47.8 Å². The van der Waals surface area contributed by atoms with Crippen LogP contribution in [-0.4, -0.2) is 46.2 Å². The Bertz CT molecular complexity index is 949. The fourth-order valence-electron chi connectivity index (χ4n) is 3.69. The summed E-state index contributed by atoms with van der Waals surface area (Å²) in [5.74, 6) is 0.739. The van der Waals surface area contributed by atoms with Crippen LogP contribution in [-0.2, 0) is 4.74 Å². The fourth-order valence-corrected chi connectivity index (χ4v) is 3.69. The van der Waals surface area contributed by atoms with Gasteiger partial charge in [-0.25, -0.2) is 9.97 Å². The van der Waals surface area contributed by atoms with Crippen molar-refractivity contribution in [2.45, 2.75) is 26.8 Å². The maximum Gasteiger partial charge on any atom is 0.159 e. The first-order valence-electron chi connectivity index (χ1n) is 9.81. The van der Waals surface area contributed by atoms with Crippen molar-refractivity contribution < 1.29 is 4.74 Å². The molecule has 0 saturated carbocycles. The lowest BCUT2D eigenvalue weighted by Crippen LogP contribution is -2.37. The average Bonchev–Trinajstić information content (AvgIpc) is 2.74. The Kier molecular flexibility index (Phi) is 5.46. The average molecular weight is 374 g/mol. The molecule has 0 radical (unpaired) electrons. The Morgan fingerprint density at radius 2 is 1.68 bits per heavy atom. The molecule has 0 unspecified atom stereocenters. The third kappa shape index (κ3) is 3.96. The van der Waals surface area contributed by atoms with E-state index < -0.39 is 0 Å². The standard InChI is InChI=1S/C23H26N4O/c1-16-4-9-21(17(2)25-16)22-10-11-24-23(26-22)20-7-5-19(6-8-20)18(3)27-12-14-28-15-13-27/h4-11,18H,12-15H2,1-3H3/t18-/m1/s1. The van der Waals surface area contributed by atoms with E-state index in [2.05, 4.69) is 52.1 Å². The van der Waals surface area contributed by atoms with Gasteiger partial charge in [-0.3, -0.25) is 9.88 Å². The second-order valence-electron chi connectivity index (χ2n) is 7.30. The Hall–Kier alpha value is -2.63. The number of pyridine rings is 1. The Morgan fingerprint density at radius 3 is 2.39 bits per heavy atom. The largest absolute Gasteiger partial charge is 0.379 e. The highest BCUT2D eigenvalue weighted by Crippen LogP contribution is 2.26. The van der Waals surface area contributed by atoms with E-state index >= 15 is 0 Å². The van der Waals surface area contributed by atoms with E-state index in [-0.39, 0.29) is 0 Å². The maximum atomic E-state index is 5.46. The quantitative estimate of drug-likeness (QED) is 0.684. The van der Waals surface area contributed by atoms with Crippen molar-refractivity contribution in [2.75, 3.05) is 26.3 Å². The monoisotopic (exact) mass is 374 g/mol. The van der Waals surface area contributed by atoms with Crippen LogP contribution >= 0.6 is 0 Å². The van der Waals surface area contributed by atoms with Crippen LogP contribution in [0.5, 0.6) is 0 Å². The first-order valence-corrected chi connectivity index (χ1v) is 9.81. The van der Waals surface area contributed by atoms with Gasteiger partial charge in [0.05, 0.1) is 18.9 Å². The SMILES string of the molecule is Cc1ccc(-c2ccnc(-c3ccc([C@@H](C)N4CCOCC4)cc3)n2)c(C)n1. The summed E-state index contributed by atoms with van der Waals surface area (Å²) in [4.78, 5) is 16.3. The number of aryl methyl sites for hydroxylation is 2. The van der Waals surface area contributed by atoms with Gasteiger partial charge in [-0.1, -0.05) is 24.3 Å². The van der Waals surface area contributed by atoms with Gasteiger partial charge in [0.25, 0.3) is 0 Å². The Labute approximate surface area is 166 Å². The first kappa shape index (κ1) is 18.7. The van der Waals surface area contributed by atoms with E-state index in [1.165, 1.54) is 5.56 Å². The van der Waals surface area contributed by atoms with Crippen LogP contribution in [0.1, 0.15) is 29.9 Å². The van der Waals surface area contributed by atoms with Gasteiger partial charge in [0.2, 0.25) is 0 Å². The molecule has 0 spiro atoms. The molecule has 1 aliphatic rings. The normalized spacial score (nSPS) is 16.1. The van der Waals surface area contributed by atoms with Gasteiger partial charge < -0.3 is 4.74 Å². The molecule has 3 aromatic rings. The summed E-state index contributed by atoms with van der Waals surface area (Å²) >= 11 is 0. The molecule has 1 saturated heterocycles. The first-order chi connectivity index (χ1) is 13.6. The van der Waals surface area contributed by atoms with Crippen LogP contribution in [0.3, 0.4) is 0 Å². The van der Waals surface area contributed by atoms with Crippen molar-refractivity contribution >= 4 is 0 Å². The molecule has 0 bridgehead atoms. The number of hydrogen-bond donors (Lipinski definition) is 0. The van der Waals surface area contributed by atoms with Crippen molar-refractivity contribution in [3.05, 3.63) is 65.6 Å². The van der Waals surface area contributed by atoms with Crippen molar-refractivity contribution in [3.63, 3.8) is 0 Å². The predicted molar refractivity (Wildman–Crippen MR) is 111 cm³/mol. The highest BCUT2D eigenvalue weighted by atomic mass is 16.5. The van der Waals surface area contributed by atoms with E-state index in [4.69, 9.17) is 9.72 Å². The van der Waals surface area contributed by atoms with Crippen LogP contribution < -0.4 is 0 Å². The second kappa shape index (κ2) is 8.17. The van der Waals surface area contributed by atoms with Crippen molar-refractivity contribution in [2.24, 2.45) is 0 Å². The van der Waals surface area contributed by atoms with E-state index in [9.17, 15) is 0 Å². The minimum absolute atomic E-state index is 0.381. The minimum atomic E-state index is 0.381. The zero-order valence-electron chi connectivity index (χ0n) is 16.7. The summed E-state index contributed by atoms with van der Waals surface area (Å²) in [7, 11) is 0. The number of benzene rings is 1. The Morgan fingerprint density at radius 1 is 0.929 bits per heavy atom. The van der Waals surface area contributed by atoms with Crippen LogP contribution in [0.25, 0.3) is 22.6 Å². The fraction of sp³-hybridized carbons (Fsp3) is 0.348. The molecule has 2 aromatic heterocycles. The van der Waals surface area contributed by atoms with E-state index in [0.717, 1.165) is 60.3 Å². The lowest BCUT2D eigenvalue weighted by Gasteiger charge is -2.32. The van der Waals surface area contributed by atoms with Crippen LogP contribution in [0, 0.1) is 13.8 Å². The van der Waals surface area contributed by atoms with Crippen molar-refractivity contribution in [3.8, 4) is 22.6 Å². The number of hydrogen-bond acceptors (Lipinski definition) is 5. The summed E-state index contributed by atoms with van der Waals surface area (Å²) < 4.78 is 5.46. The van der Waals surface area contributed by atoms with Gasteiger partial charge in [-0.05, 0) is 44.5 Å². The molecule has 5 heteroatoms. The summed E-state index contributed by atoms with van der Waals surface area (Å²) in [6.07, 6.45) is 1.82. The van der Waals surface area contributed by atoms with Gasteiger partial charge in [-0.2, -0.15) is 0 Å². The minimum Gasteiger partial charge on any atom is -0.379 e. The van der Waals surface area contributed by atoms with Gasteiger partial charge >= 0.3 is 0 Å². The summed E-state index contributed by atoms with van der Waals surface area (Å²) in [6, 6.07) is 15.0. The van der Waals surface area contributed by atoms with E-state index in [1.54, 1.807) is 0 Å². The molecule has 3 heterocycles. The molecule has 0 amide bonds. The third-order valence-electron chi connectivity index (χ3n) is 5.40. The highest BCUT2D eigenvalue weighted by Gasteiger charge is 2.18. The Balaban J connectivity index is 1.57. The number of rotatable bonds is 4. The van der Waals surface area contributed by atoms with Crippen LogP contribution in [0.15, 0.2) is 48.7 Å². The molecule has 144 valence electrons. The number of aromatic nitrogens is 3. The topological polar surface area (TPSA) is 51.1 Å². The second-order valence-corrected chi connectivity index (χ2v) is 7.30. The molecule has 1 aromatic carbocycles. The van der Waals surface area contributed by atoms with Crippen molar-refractivity contribution in [1.82, 2.24) is 19.9 Å². The molecule has 28 heavy (non-hydrogen) atoms. The molecule has 1 atom stereocenters. The molecular weight excluding hydrogens is 348 g/mol. The molecule has 0 aliphatic carbocycles. The maximum absolute atomic E-state index is 5.46. The lowest BCUT2D eigenvalue weighted by molar-refractivity contribution is 0.0198. The van der Waals surface area contributed by atoms with Gasteiger partial charge in [0.15, 0.2) is 5.82 Å². The third-order valence-corrected chi connectivity index (χ3v) is 5.40. The predicted octanol–water partition coefficient (Wildman–Crippen LogP) is 4.22. The highest BCUT2D eigenvalue weighted by molar-refractivity contribution is 5.65. The molecule has 5 nitrogen and oxygen atoms in total. The van der Waals surface area contributed by atoms with Crippen LogP contribution in [0.2, 0.25) is 0 Å². The van der Waals surface area contributed by atoms with Gasteiger partial charge in [-0.15, -0.1) is 0 Å². The molecule has 0 N–H and O–H groups in total. The van der Waals surface area contributed by atoms with E-state index in [0.29, 0.717) is 6.04 Å². The summed E-state index contributed by atoms with van der Waals surface area (Å²) in [5.41, 5.74) is 6.28. The number of ether oxygens (including phenoxy) is 1. The lowest BCUT2D eigenvalue weighted by atomic mass is 10.0.